The topological polar surface area (TPSA) is 64.1 Å². The Morgan fingerprint density at radius 3 is 2.72 bits per heavy atom. The highest BCUT2D eigenvalue weighted by Crippen LogP contribution is 2.45. The van der Waals surface area contributed by atoms with Crippen molar-refractivity contribution in [1.82, 2.24) is 9.97 Å². The van der Waals surface area contributed by atoms with Gasteiger partial charge in [0, 0.05) is 4.70 Å². The summed E-state index contributed by atoms with van der Waals surface area (Å²) in [5.74, 6) is -0.440. The van der Waals surface area contributed by atoms with Gasteiger partial charge in [0.25, 0.3) is 0 Å². The zero-order chi connectivity index (χ0) is 20.0. The van der Waals surface area contributed by atoms with E-state index < -0.39 is 5.82 Å². The molecule has 1 unspecified atom stereocenters. The molecule has 1 aromatic carbocycles. The van der Waals surface area contributed by atoms with Crippen LogP contribution in [0.25, 0.3) is 20.7 Å². The van der Waals surface area contributed by atoms with Crippen molar-refractivity contribution in [3.63, 3.8) is 0 Å². The van der Waals surface area contributed by atoms with Gasteiger partial charge in [-0.25, -0.2) is 14.2 Å². The quantitative estimate of drug-likeness (QED) is 0.414. The zero-order valence-electron chi connectivity index (χ0n) is 15.5. The first-order valence-electron chi connectivity index (χ1n) is 9.77. The smallest absolute Gasteiger partial charge is 0.335 e. The van der Waals surface area contributed by atoms with Gasteiger partial charge < -0.3 is 4.84 Å². The second-order valence-corrected chi connectivity index (χ2v) is 9.22. The number of carbonyl (C=O) groups is 1. The van der Waals surface area contributed by atoms with Gasteiger partial charge >= 0.3 is 5.97 Å². The Balaban J connectivity index is 1.37. The van der Waals surface area contributed by atoms with Crippen LogP contribution < -0.4 is 5.48 Å². The van der Waals surface area contributed by atoms with Gasteiger partial charge in [0.05, 0.1) is 10.8 Å². The molecule has 3 aliphatic carbocycles. The summed E-state index contributed by atoms with van der Waals surface area (Å²) >= 11 is 7.43. The molecule has 0 spiro atoms. The molecule has 1 N–H and O–H groups in total. The Labute approximate surface area is 176 Å². The number of nitrogens with one attached hydrogen (secondary N) is 1. The van der Waals surface area contributed by atoms with Crippen molar-refractivity contribution in [1.29, 1.82) is 0 Å². The summed E-state index contributed by atoms with van der Waals surface area (Å²) in [6.45, 7) is 0. The van der Waals surface area contributed by atoms with Gasteiger partial charge in [0.2, 0.25) is 11.1 Å². The lowest BCUT2D eigenvalue weighted by atomic mass is 9.65. The third-order valence-corrected chi connectivity index (χ3v) is 7.37. The van der Waals surface area contributed by atoms with E-state index in [2.05, 4.69) is 15.4 Å². The predicted molar refractivity (Wildman–Crippen MR) is 111 cm³/mol. The van der Waals surface area contributed by atoms with E-state index in [-0.39, 0.29) is 28.7 Å². The van der Waals surface area contributed by atoms with Crippen LogP contribution in [-0.4, -0.2) is 15.9 Å². The van der Waals surface area contributed by atoms with Crippen LogP contribution in [0.1, 0.15) is 32.1 Å². The maximum atomic E-state index is 15.1. The predicted octanol–water partition coefficient (Wildman–Crippen LogP) is 5.85. The number of carbonyl (C=O) groups excluding carboxylic acids is 1. The maximum absolute atomic E-state index is 15.1. The number of rotatable bonds is 4. The summed E-state index contributed by atoms with van der Waals surface area (Å²) in [5.41, 5.74) is 2.48. The minimum atomic E-state index is -0.695. The van der Waals surface area contributed by atoms with Crippen LogP contribution in [0.15, 0.2) is 30.3 Å². The molecule has 150 valence electrons. The molecular weight excluding hydrogens is 413 g/mol. The van der Waals surface area contributed by atoms with Crippen molar-refractivity contribution < 1.29 is 14.0 Å². The number of hydrogen-bond acceptors (Lipinski definition) is 6. The standard InChI is InChI=1S/C21H19ClFN3O2S/c22-21-24-18(16-10-13-3-1-2-4-15(13)29-16)17(23)19(25-21)26-28-20(27)14-9-11-5-7-12(14)8-6-11/h1-4,10-12,14H,5-9H2,(H,24,25,26). The molecule has 3 aromatic rings. The van der Waals surface area contributed by atoms with Gasteiger partial charge in [-0.3, -0.25) is 0 Å². The molecule has 29 heavy (non-hydrogen) atoms. The summed E-state index contributed by atoms with van der Waals surface area (Å²) in [6, 6.07) is 9.62. The van der Waals surface area contributed by atoms with E-state index in [0.717, 1.165) is 29.3 Å². The number of hydrogen-bond donors (Lipinski definition) is 1. The second-order valence-electron chi connectivity index (χ2n) is 7.80. The molecule has 2 heterocycles. The Morgan fingerprint density at radius 1 is 1.21 bits per heavy atom. The van der Waals surface area contributed by atoms with Crippen molar-refractivity contribution in [2.45, 2.75) is 32.1 Å². The average Bonchev–Trinajstić information content (AvgIpc) is 3.18. The van der Waals surface area contributed by atoms with Gasteiger partial charge in [0.1, 0.15) is 5.69 Å². The number of nitrogens with zero attached hydrogens (tertiary/aromatic N) is 2. The van der Waals surface area contributed by atoms with Crippen LogP contribution in [0.4, 0.5) is 10.2 Å². The Kier molecular flexibility index (Phi) is 4.87. The largest absolute Gasteiger partial charge is 0.342 e. The van der Waals surface area contributed by atoms with Crippen molar-refractivity contribution in [2.75, 3.05) is 5.48 Å². The molecule has 0 amide bonds. The SMILES string of the molecule is O=C(ONc1nc(Cl)nc(-c2cc3ccccc3s2)c1F)C1CC2CCC1CC2. The van der Waals surface area contributed by atoms with Gasteiger partial charge in [-0.05, 0) is 60.2 Å². The fraction of sp³-hybridized carbons (Fsp3) is 0.381. The van der Waals surface area contributed by atoms with E-state index in [1.165, 1.54) is 24.2 Å². The molecule has 3 fully saturated rings. The number of benzene rings is 1. The lowest BCUT2D eigenvalue weighted by Gasteiger charge is -2.40. The van der Waals surface area contributed by atoms with E-state index in [1.54, 1.807) is 0 Å². The highest BCUT2D eigenvalue weighted by atomic mass is 35.5. The molecular formula is C21H19ClFN3O2S. The Hall–Kier alpha value is -2.25. The molecule has 3 saturated carbocycles. The number of halogens is 2. The zero-order valence-corrected chi connectivity index (χ0v) is 17.1. The lowest BCUT2D eigenvalue weighted by Crippen LogP contribution is -2.37. The summed E-state index contributed by atoms with van der Waals surface area (Å²) in [5, 5.41) is 0.879. The van der Waals surface area contributed by atoms with Gasteiger partial charge in [-0.1, -0.05) is 31.0 Å². The highest BCUT2D eigenvalue weighted by molar-refractivity contribution is 7.22. The molecule has 8 heteroatoms. The van der Waals surface area contributed by atoms with Crippen LogP contribution in [0, 0.1) is 23.6 Å². The third-order valence-electron chi connectivity index (χ3n) is 6.08. The fourth-order valence-corrected chi connectivity index (χ4v) is 5.81. The van der Waals surface area contributed by atoms with Crippen molar-refractivity contribution in [3.05, 3.63) is 41.4 Å². The first kappa shape index (κ1) is 18.8. The van der Waals surface area contributed by atoms with Gasteiger partial charge in [-0.2, -0.15) is 10.5 Å². The number of thiophene rings is 1. The van der Waals surface area contributed by atoms with Crippen LogP contribution in [-0.2, 0) is 9.63 Å². The molecule has 0 radical (unpaired) electrons. The van der Waals surface area contributed by atoms with E-state index in [1.807, 2.05) is 30.3 Å². The fourth-order valence-electron chi connectivity index (χ4n) is 4.59. The molecule has 3 aliphatic rings. The van der Waals surface area contributed by atoms with E-state index >= 15 is 4.39 Å². The molecule has 2 bridgehead atoms. The normalized spacial score (nSPS) is 23.3. The molecule has 2 aromatic heterocycles. The van der Waals surface area contributed by atoms with Crippen LogP contribution in [0.5, 0.6) is 0 Å². The van der Waals surface area contributed by atoms with Crippen LogP contribution in [0.2, 0.25) is 5.28 Å². The van der Waals surface area contributed by atoms with Crippen molar-refractivity contribution in [3.8, 4) is 10.6 Å². The molecule has 0 aliphatic heterocycles. The summed E-state index contributed by atoms with van der Waals surface area (Å²) < 4.78 is 16.1. The number of fused-ring (bicyclic) bond motifs is 4. The average molecular weight is 432 g/mol. The van der Waals surface area contributed by atoms with E-state index in [9.17, 15) is 4.79 Å². The molecule has 1 atom stereocenters. The summed E-state index contributed by atoms with van der Waals surface area (Å²) in [6.07, 6.45) is 5.36. The number of anilines is 1. The number of aromatic nitrogens is 2. The third kappa shape index (κ3) is 3.57. The molecule has 5 nitrogen and oxygen atoms in total. The van der Waals surface area contributed by atoms with E-state index in [4.69, 9.17) is 16.4 Å². The van der Waals surface area contributed by atoms with Crippen molar-refractivity contribution >= 4 is 44.8 Å². The summed E-state index contributed by atoms with van der Waals surface area (Å²) in [4.78, 5) is 26.3. The van der Waals surface area contributed by atoms with E-state index in [0.29, 0.717) is 16.7 Å². The Bertz CT molecular complexity index is 1050. The summed E-state index contributed by atoms with van der Waals surface area (Å²) in [7, 11) is 0. The first-order chi connectivity index (χ1) is 14.1. The molecule has 6 rings (SSSR count). The highest BCUT2D eigenvalue weighted by Gasteiger charge is 2.40. The maximum Gasteiger partial charge on any atom is 0.335 e. The second kappa shape index (κ2) is 7.54. The van der Waals surface area contributed by atoms with Gasteiger partial charge in [-0.15, -0.1) is 11.3 Å². The van der Waals surface area contributed by atoms with Crippen LogP contribution >= 0.6 is 22.9 Å². The van der Waals surface area contributed by atoms with Gasteiger partial charge in [0.15, 0.2) is 5.82 Å². The Morgan fingerprint density at radius 2 is 2.00 bits per heavy atom. The first-order valence-corrected chi connectivity index (χ1v) is 11.0. The molecule has 0 saturated heterocycles. The monoisotopic (exact) mass is 431 g/mol. The minimum absolute atomic E-state index is 0.0847. The minimum Gasteiger partial charge on any atom is -0.342 e. The lowest BCUT2D eigenvalue weighted by molar-refractivity contribution is -0.151. The van der Waals surface area contributed by atoms with Crippen molar-refractivity contribution in [2.24, 2.45) is 17.8 Å². The van der Waals surface area contributed by atoms with Crippen LogP contribution in [0.3, 0.4) is 0 Å².